The predicted octanol–water partition coefficient (Wildman–Crippen LogP) is 2.41. The highest BCUT2D eigenvalue weighted by Gasteiger charge is 2.60. The number of alkyl halides is 3. The summed E-state index contributed by atoms with van der Waals surface area (Å²) in [5.41, 5.74) is -2.86. The summed E-state index contributed by atoms with van der Waals surface area (Å²) in [5.74, 6) is -1.03. The molecule has 0 aromatic heterocycles. The maximum Gasteiger partial charge on any atom is 0.410 e. The van der Waals surface area contributed by atoms with Crippen LogP contribution in [0, 0.1) is 11.3 Å². The standard InChI is InChI=1S/C12H20F3NO3/c1-10(2,3)19-9(18)16-5-8(6-17)11(4,7-16)12(13,14)15/h8,17H,5-7H2,1-4H3/t8-,11-/m0/s1. The molecular formula is C12H20F3NO3. The molecule has 1 saturated heterocycles. The summed E-state index contributed by atoms with van der Waals surface area (Å²) in [4.78, 5) is 12.8. The van der Waals surface area contributed by atoms with Crippen LogP contribution in [0.4, 0.5) is 18.0 Å². The number of likely N-dealkylation sites (tertiary alicyclic amines) is 1. The van der Waals surface area contributed by atoms with Crippen molar-refractivity contribution in [3.05, 3.63) is 0 Å². The van der Waals surface area contributed by atoms with Crippen LogP contribution in [0.1, 0.15) is 27.7 Å². The maximum absolute atomic E-state index is 13.1. The molecule has 0 radical (unpaired) electrons. The molecule has 0 spiro atoms. The lowest BCUT2D eigenvalue weighted by molar-refractivity contribution is -0.228. The van der Waals surface area contributed by atoms with Crippen molar-refractivity contribution in [3.63, 3.8) is 0 Å². The van der Waals surface area contributed by atoms with Gasteiger partial charge < -0.3 is 14.7 Å². The fourth-order valence-electron chi connectivity index (χ4n) is 2.10. The van der Waals surface area contributed by atoms with Gasteiger partial charge in [0.15, 0.2) is 0 Å². The van der Waals surface area contributed by atoms with E-state index in [0.29, 0.717) is 0 Å². The number of carbonyl (C=O) groups excluding carboxylic acids is 1. The van der Waals surface area contributed by atoms with E-state index >= 15 is 0 Å². The summed E-state index contributed by atoms with van der Waals surface area (Å²) >= 11 is 0. The molecule has 0 aromatic carbocycles. The minimum absolute atomic E-state index is 0.151. The monoisotopic (exact) mass is 283 g/mol. The van der Waals surface area contributed by atoms with Crippen molar-refractivity contribution < 1.29 is 27.8 Å². The van der Waals surface area contributed by atoms with Gasteiger partial charge in [0.25, 0.3) is 0 Å². The number of halogens is 3. The number of aliphatic hydroxyl groups is 1. The lowest BCUT2D eigenvalue weighted by Gasteiger charge is -2.31. The minimum Gasteiger partial charge on any atom is -0.444 e. The van der Waals surface area contributed by atoms with Crippen LogP contribution in [-0.4, -0.2) is 47.6 Å². The van der Waals surface area contributed by atoms with Gasteiger partial charge in [-0.2, -0.15) is 13.2 Å². The first-order valence-corrected chi connectivity index (χ1v) is 6.06. The summed E-state index contributed by atoms with van der Waals surface area (Å²) < 4.78 is 44.3. The van der Waals surface area contributed by atoms with Crippen LogP contribution in [0.3, 0.4) is 0 Å². The van der Waals surface area contributed by atoms with E-state index in [1.54, 1.807) is 20.8 Å². The Morgan fingerprint density at radius 1 is 1.42 bits per heavy atom. The molecule has 1 heterocycles. The topological polar surface area (TPSA) is 49.8 Å². The zero-order chi connectivity index (χ0) is 15.1. The Morgan fingerprint density at radius 2 is 1.95 bits per heavy atom. The van der Waals surface area contributed by atoms with Crippen LogP contribution in [0.5, 0.6) is 0 Å². The molecule has 19 heavy (non-hydrogen) atoms. The number of ether oxygens (including phenoxy) is 1. The van der Waals surface area contributed by atoms with Gasteiger partial charge in [0.05, 0.1) is 5.41 Å². The highest BCUT2D eigenvalue weighted by Crippen LogP contribution is 2.48. The van der Waals surface area contributed by atoms with E-state index in [0.717, 1.165) is 11.8 Å². The first-order chi connectivity index (χ1) is 8.40. The largest absolute Gasteiger partial charge is 0.444 e. The van der Waals surface area contributed by atoms with Crippen LogP contribution in [0.25, 0.3) is 0 Å². The van der Waals surface area contributed by atoms with E-state index in [2.05, 4.69) is 0 Å². The fourth-order valence-corrected chi connectivity index (χ4v) is 2.10. The molecule has 0 saturated carbocycles. The first-order valence-electron chi connectivity index (χ1n) is 6.06. The fraction of sp³-hybridized carbons (Fsp3) is 0.917. The highest BCUT2D eigenvalue weighted by molar-refractivity contribution is 5.68. The molecule has 7 heteroatoms. The number of carbonyl (C=O) groups is 1. The lowest BCUT2D eigenvalue weighted by atomic mass is 9.80. The molecule has 0 aliphatic carbocycles. The molecule has 1 aliphatic heterocycles. The zero-order valence-electron chi connectivity index (χ0n) is 11.5. The van der Waals surface area contributed by atoms with Gasteiger partial charge in [-0.3, -0.25) is 0 Å². The van der Waals surface area contributed by atoms with E-state index in [1.807, 2.05) is 0 Å². The third-order valence-corrected chi connectivity index (χ3v) is 3.38. The second kappa shape index (κ2) is 4.85. The van der Waals surface area contributed by atoms with Crippen LogP contribution in [0.2, 0.25) is 0 Å². The van der Waals surface area contributed by atoms with Gasteiger partial charge in [0.2, 0.25) is 0 Å². The third-order valence-electron chi connectivity index (χ3n) is 3.38. The normalized spacial score (nSPS) is 28.6. The van der Waals surface area contributed by atoms with Crippen molar-refractivity contribution in [1.82, 2.24) is 4.90 Å². The van der Waals surface area contributed by atoms with Crippen LogP contribution >= 0.6 is 0 Å². The molecule has 0 aromatic rings. The predicted molar refractivity (Wildman–Crippen MR) is 62.5 cm³/mol. The van der Waals surface area contributed by atoms with Crippen molar-refractivity contribution in [2.75, 3.05) is 19.7 Å². The highest BCUT2D eigenvalue weighted by atomic mass is 19.4. The summed E-state index contributed by atoms with van der Waals surface area (Å²) in [6.07, 6.45) is -5.25. The second-order valence-corrected chi connectivity index (χ2v) is 6.16. The quantitative estimate of drug-likeness (QED) is 0.804. The minimum atomic E-state index is -4.48. The molecule has 1 N–H and O–H groups in total. The number of hydrogen-bond donors (Lipinski definition) is 1. The average Bonchev–Trinajstić information content (AvgIpc) is 2.53. The second-order valence-electron chi connectivity index (χ2n) is 6.16. The van der Waals surface area contributed by atoms with Gasteiger partial charge in [-0.25, -0.2) is 4.79 Å². The number of rotatable bonds is 1. The molecule has 4 nitrogen and oxygen atoms in total. The third kappa shape index (κ3) is 3.32. The summed E-state index contributed by atoms with van der Waals surface area (Å²) in [7, 11) is 0. The Kier molecular flexibility index (Phi) is 4.10. The van der Waals surface area contributed by atoms with Gasteiger partial charge in [-0.1, -0.05) is 0 Å². The molecule has 1 fully saturated rings. The van der Waals surface area contributed by atoms with Crippen molar-refractivity contribution in [1.29, 1.82) is 0 Å². The van der Waals surface area contributed by atoms with E-state index in [-0.39, 0.29) is 6.54 Å². The van der Waals surface area contributed by atoms with E-state index < -0.39 is 42.4 Å². The first kappa shape index (κ1) is 16.1. The molecule has 112 valence electrons. The summed E-state index contributed by atoms with van der Waals surface area (Å²) in [6, 6.07) is 0. The smallest absolute Gasteiger partial charge is 0.410 e. The van der Waals surface area contributed by atoms with Crippen LogP contribution in [-0.2, 0) is 4.74 Å². The number of aliphatic hydroxyl groups excluding tert-OH is 1. The van der Waals surface area contributed by atoms with Gasteiger partial charge in [-0.05, 0) is 27.7 Å². The Balaban J connectivity index is 2.86. The van der Waals surface area contributed by atoms with Crippen molar-refractivity contribution in [2.24, 2.45) is 11.3 Å². The lowest BCUT2D eigenvalue weighted by Crippen LogP contribution is -2.44. The van der Waals surface area contributed by atoms with Crippen LogP contribution in [0.15, 0.2) is 0 Å². The molecule has 0 bridgehead atoms. The average molecular weight is 283 g/mol. The van der Waals surface area contributed by atoms with Gasteiger partial charge in [0.1, 0.15) is 5.60 Å². The number of hydrogen-bond acceptors (Lipinski definition) is 3. The number of amides is 1. The van der Waals surface area contributed by atoms with Crippen molar-refractivity contribution in [2.45, 2.75) is 39.5 Å². The van der Waals surface area contributed by atoms with Gasteiger partial charge >= 0.3 is 12.3 Å². The van der Waals surface area contributed by atoms with Crippen LogP contribution < -0.4 is 0 Å². The Hall–Kier alpha value is -0.980. The van der Waals surface area contributed by atoms with Crippen molar-refractivity contribution >= 4 is 6.09 Å². The van der Waals surface area contributed by atoms with E-state index in [4.69, 9.17) is 9.84 Å². The van der Waals surface area contributed by atoms with Gasteiger partial charge in [-0.15, -0.1) is 0 Å². The Bertz CT molecular complexity index is 351. The SMILES string of the molecule is CC(C)(C)OC(=O)N1C[C@@H](CO)[C@@](C)(C(F)(F)F)C1. The van der Waals surface area contributed by atoms with E-state index in [9.17, 15) is 18.0 Å². The molecule has 2 atom stereocenters. The number of nitrogens with zero attached hydrogens (tertiary/aromatic N) is 1. The molecule has 0 unspecified atom stereocenters. The van der Waals surface area contributed by atoms with Gasteiger partial charge in [0, 0.05) is 25.6 Å². The maximum atomic E-state index is 13.1. The zero-order valence-corrected chi connectivity index (χ0v) is 11.5. The molecule has 1 amide bonds. The Labute approximate surface area is 110 Å². The van der Waals surface area contributed by atoms with Crippen molar-refractivity contribution in [3.8, 4) is 0 Å². The molecular weight excluding hydrogens is 263 g/mol. The summed E-state index contributed by atoms with van der Waals surface area (Å²) in [6.45, 7) is 4.71. The Morgan fingerprint density at radius 3 is 2.26 bits per heavy atom. The summed E-state index contributed by atoms with van der Waals surface area (Å²) in [5, 5.41) is 9.12. The van der Waals surface area contributed by atoms with E-state index in [1.165, 1.54) is 0 Å². The molecule has 1 rings (SSSR count). The molecule has 1 aliphatic rings.